The van der Waals surface area contributed by atoms with E-state index in [2.05, 4.69) is 32.6 Å². The van der Waals surface area contributed by atoms with Crippen molar-refractivity contribution < 1.29 is 0 Å². The standard InChI is InChI=1S/C15H11ClIN3O/c1-9(16)14-19-13-12(3-2-8-18-13)15(21)20(14)11-6-4-10(17)5-7-11/h2-9H,1H3. The summed E-state index contributed by atoms with van der Waals surface area (Å²) in [5, 5.41) is 0.0838. The Hall–Kier alpha value is -1.47. The number of fused-ring (bicyclic) bond motifs is 1. The average molecular weight is 412 g/mol. The molecule has 21 heavy (non-hydrogen) atoms. The molecule has 0 saturated carbocycles. The zero-order valence-electron chi connectivity index (χ0n) is 11.1. The molecule has 0 saturated heterocycles. The van der Waals surface area contributed by atoms with E-state index in [1.165, 1.54) is 0 Å². The smallest absolute Gasteiger partial charge is 0.267 e. The molecule has 0 aliphatic rings. The third-order valence-corrected chi connectivity index (χ3v) is 4.02. The van der Waals surface area contributed by atoms with E-state index < -0.39 is 5.38 Å². The van der Waals surface area contributed by atoms with Gasteiger partial charge in [-0.3, -0.25) is 9.36 Å². The predicted molar refractivity (Wildman–Crippen MR) is 92.1 cm³/mol. The molecule has 106 valence electrons. The minimum absolute atomic E-state index is 0.156. The molecule has 3 aromatic rings. The summed E-state index contributed by atoms with van der Waals surface area (Å²) in [5.41, 5.74) is 1.02. The lowest BCUT2D eigenvalue weighted by Gasteiger charge is -2.14. The average Bonchev–Trinajstić information content (AvgIpc) is 2.48. The van der Waals surface area contributed by atoms with Gasteiger partial charge in [-0.1, -0.05) is 0 Å². The molecule has 3 rings (SSSR count). The molecule has 0 N–H and O–H groups in total. The summed E-state index contributed by atoms with van der Waals surface area (Å²) in [6.07, 6.45) is 1.62. The first kappa shape index (κ1) is 14.5. The minimum atomic E-state index is -0.400. The van der Waals surface area contributed by atoms with Crippen LogP contribution >= 0.6 is 34.2 Å². The predicted octanol–water partition coefficient (Wildman–Crippen LogP) is 3.69. The summed E-state index contributed by atoms with van der Waals surface area (Å²) in [6, 6.07) is 11.1. The molecule has 0 fully saturated rings. The number of hydrogen-bond donors (Lipinski definition) is 0. The molecule has 0 radical (unpaired) electrons. The zero-order valence-corrected chi connectivity index (χ0v) is 14.0. The van der Waals surface area contributed by atoms with Crippen molar-refractivity contribution in [3.05, 3.63) is 62.3 Å². The zero-order chi connectivity index (χ0) is 15.0. The van der Waals surface area contributed by atoms with Gasteiger partial charge in [-0.05, 0) is 65.9 Å². The molecular weight excluding hydrogens is 401 g/mol. The minimum Gasteiger partial charge on any atom is -0.268 e. The van der Waals surface area contributed by atoms with Crippen LogP contribution in [0.4, 0.5) is 0 Å². The highest BCUT2D eigenvalue weighted by Gasteiger charge is 2.16. The van der Waals surface area contributed by atoms with Crippen LogP contribution in [0.1, 0.15) is 18.1 Å². The summed E-state index contributed by atoms with van der Waals surface area (Å²) < 4.78 is 2.65. The maximum absolute atomic E-state index is 12.8. The van der Waals surface area contributed by atoms with E-state index in [9.17, 15) is 4.79 Å². The van der Waals surface area contributed by atoms with Crippen molar-refractivity contribution >= 4 is 45.2 Å². The van der Waals surface area contributed by atoms with Gasteiger partial charge in [-0.2, -0.15) is 0 Å². The number of rotatable bonds is 2. The molecule has 0 bridgehead atoms. The number of pyridine rings is 1. The largest absolute Gasteiger partial charge is 0.268 e. The van der Waals surface area contributed by atoms with Crippen LogP contribution in [0, 0.1) is 3.57 Å². The lowest BCUT2D eigenvalue weighted by atomic mass is 10.2. The Bertz CT molecular complexity index is 859. The lowest BCUT2D eigenvalue weighted by molar-refractivity contribution is 0.811. The van der Waals surface area contributed by atoms with Crippen LogP contribution in [0.2, 0.25) is 0 Å². The Morgan fingerprint density at radius 2 is 1.95 bits per heavy atom. The van der Waals surface area contributed by atoms with E-state index in [0.717, 1.165) is 9.26 Å². The van der Waals surface area contributed by atoms with Gasteiger partial charge in [-0.25, -0.2) is 9.97 Å². The molecule has 0 amide bonds. The van der Waals surface area contributed by atoms with Crippen molar-refractivity contribution in [3.8, 4) is 5.69 Å². The van der Waals surface area contributed by atoms with Gasteiger partial charge < -0.3 is 0 Å². The Labute approximate surface area is 139 Å². The van der Waals surface area contributed by atoms with Crippen LogP contribution in [-0.2, 0) is 0 Å². The van der Waals surface area contributed by atoms with Gasteiger partial charge in [0.15, 0.2) is 5.65 Å². The molecule has 1 aromatic carbocycles. The van der Waals surface area contributed by atoms with Gasteiger partial charge in [-0.15, -0.1) is 11.6 Å². The van der Waals surface area contributed by atoms with Gasteiger partial charge in [0.25, 0.3) is 5.56 Å². The van der Waals surface area contributed by atoms with Crippen LogP contribution in [0.15, 0.2) is 47.4 Å². The molecule has 0 spiro atoms. The number of aromatic nitrogens is 3. The molecular formula is C15H11ClIN3O. The molecule has 6 heteroatoms. The second-order valence-corrected chi connectivity index (χ2v) is 6.48. The summed E-state index contributed by atoms with van der Waals surface area (Å²) in [4.78, 5) is 21.4. The van der Waals surface area contributed by atoms with Crippen LogP contribution in [0.3, 0.4) is 0 Å². The van der Waals surface area contributed by atoms with Crippen LogP contribution in [-0.4, -0.2) is 14.5 Å². The van der Waals surface area contributed by atoms with Crippen LogP contribution in [0.5, 0.6) is 0 Å². The van der Waals surface area contributed by atoms with Crippen molar-refractivity contribution in [1.82, 2.24) is 14.5 Å². The second kappa shape index (κ2) is 5.73. The first-order valence-electron chi connectivity index (χ1n) is 6.35. The fourth-order valence-electron chi connectivity index (χ4n) is 2.14. The van der Waals surface area contributed by atoms with E-state index in [0.29, 0.717) is 16.9 Å². The number of benzene rings is 1. The molecule has 2 aromatic heterocycles. The number of alkyl halides is 1. The highest BCUT2D eigenvalue weighted by molar-refractivity contribution is 14.1. The van der Waals surface area contributed by atoms with Crippen molar-refractivity contribution in [2.75, 3.05) is 0 Å². The fourth-order valence-corrected chi connectivity index (χ4v) is 2.65. The second-order valence-electron chi connectivity index (χ2n) is 4.58. The third kappa shape index (κ3) is 2.67. The quantitative estimate of drug-likeness (QED) is 0.477. The topological polar surface area (TPSA) is 47.8 Å². The number of hydrogen-bond acceptors (Lipinski definition) is 3. The first-order chi connectivity index (χ1) is 10.1. The van der Waals surface area contributed by atoms with E-state index in [1.807, 2.05) is 24.3 Å². The van der Waals surface area contributed by atoms with Gasteiger partial charge in [0.05, 0.1) is 16.5 Å². The molecule has 1 atom stereocenters. The van der Waals surface area contributed by atoms with Crippen molar-refractivity contribution in [1.29, 1.82) is 0 Å². The van der Waals surface area contributed by atoms with E-state index >= 15 is 0 Å². The Kier molecular flexibility index (Phi) is 3.95. The van der Waals surface area contributed by atoms with Gasteiger partial charge in [0.1, 0.15) is 5.82 Å². The monoisotopic (exact) mass is 411 g/mol. The Morgan fingerprint density at radius 1 is 1.24 bits per heavy atom. The Balaban J connectivity index is 2.39. The van der Waals surface area contributed by atoms with Crippen molar-refractivity contribution in [3.63, 3.8) is 0 Å². The molecule has 0 aliphatic heterocycles. The van der Waals surface area contributed by atoms with E-state index in [-0.39, 0.29) is 5.56 Å². The summed E-state index contributed by atoms with van der Waals surface area (Å²) >= 11 is 8.43. The van der Waals surface area contributed by atoms with Crippen molar-refractivity contribution in [2.24, 2.45) is 0 Å². The van der Waals surface area contributed by atoms with Gasteiger partial charge in [0.2, 0.25) is 0 Å². The maximum atomic E-state index is 12.8. The van der Waals surface area contributed by atoms with Crippen LogP contribution in [0.25, 0.3) is 16.7 Å². The third-order valence-electron chi connectivity index (χ3n) is 3.11. The molecule has 2 heterocycles. The lowest BCUT2D eigenvalue weighted by Crippen LogP contribution is -2.24. The molecule has 0 aliphatic carbocycles. The summed E-state index contributed by atoms with van der Waals surface area (Å²) in [6.45, 7) is 1.79. The van der Waals surface area contributed by atoms with Crippen molar-refractivity contribution in [2.45, 2.75) is 12.3 Å². The number of nitrogens with zero attached hydrogens (tertiary/aromatic N) is 3. The summed E-state index contributed by atoms with van der Waals surface area (Å²) in [5.74, 6) is 0.495. The first-order valence-corrected chi connectivity index (χ1v) is 7.87. The highest BCUT2D eigenvalue weighted by atomic mass is 127. The molecule has 4 nitrogen and oxygen atoms in total. The maximum Gasteiger partial charge on any atom is 0.267 e. The van der Waals surface area contributed by atoms with E-state index in [1.54, 1.807) is 29.8 Å². The van der Waals surface area contributed by atoms with Crippen LogP contribution < -0.4 is 5.56 Å². The number of halogens is 2. The highest BCUT2D eigenvalue weighted by Crippen LogP contribution is 2.21. The molecule has 1 unspecified atom stereocenters. The van der Waals surface area contributed by atoms with Gasteiger partial charge >= 0.3 is 0 Å². The van der Waals surface area contributed by atoms with Gasteiger partial charge in [0, 0.05) is 9.77 Å². The van der Waals surface area contributed by atoms with E-state index in [4.69, 9.17) is 11.6 Å². The fraction of sp³-hybridized carbons (Fsp3) is 0.133. The SMILES string of the molecule is CC(Cl)c1nc2ncccc2c(=O)n1-c1ccc(I)cc1. The Morgan fingerprint density at radius 3 is 2.62 bits per heavy atom. The normalized spacial score (nSPS) is 12.5. The summed E-state index contributed by atoms with van der Waals surface area (Å²) in [7, 11) is 0.